The van der Waals surface area contributed by atoms with Crippen LogP contribution in [0.5, 0.6) is 0 Å². The van der Waals surface area contributed by atoms with Crippen LogP contribution < -0.4 is 0 Å². The first-order chi connectivity index (χ1) is 13.1. The van der Waals surface area contributed by atoms with Gasteiger partial charge >= 0.3 is 0 Å². The molecule has 2 aliphatic heterocycles. The molecule has 140 valence electrons. The number of hydrogen-bond acceptors (Lipinski definition) is 5. The van der Waals surface area contributed by atoms with Gasteiger partial charge in [0.25, 0.3) is 0 Å². The van der Waals surface area contributed by atoms with Crippen molar-refractivity contribution in [1.29, 1.82) is 0 Å². The number of benzene rings is 1. The molecule has 7 heteroatoms. The maximum absolute atomic E-state index is 6.31. The van der Waals surface area contributed by atoms with E-state index in [0.29, 0.717) is 39.6 Å². The second-order valence-electron chi connectivity index (χ2n) is 7.44. The normalized spacial score (nSPS) is 28.0. The van der Waals surface area contributed by atoms with Gasteiger partial charge in [-0.15, -0.1) is 0 Å². The topological polar surface area (TPSA) is 55.3 Å². The van der Waals surface area contributed by atoms with Gasteiger partial charge in [-0.1, -0.05) is 34.4 Å². The highest BCUT2D eigenvalue weighted by Crippen LogP contribution is 2.51. The average molecular weight is 404 g/mol. The van der Waals surface area contributed by atoms with Crippen molar-refractivity contribution in [3.05, 3.63) is 58.1 Å². The minimum Gasteiger partial charge on any atom is -0.461 e. The fraction of sp³-hybridized carbons (Fsp3) is 0.400. The summed E-state index contributed by atoms with van der Waals surface area (Å²) in [6.45, 7) is 0. The molecule has 2 aliphatic rings. The van der Waals surface area contributed by atoms with Gasteiger partial charge in [0.15, 0.2) is 5.76 Å². The van der Waals surface area contributed by atoms with Crippen molar-refractivity contribution >= 4 is 23.2 Å². The largest absolute Gasteiger partial charge is 0.461 e. The summed E-state index contributed by atoms with van der Waals surface area (Å²) < 4.78 is 11.1. The standard InChI is InChI=1S/C20H19Cl2N3O2/c1-25-12-5-7-16(25)18(13(10-12)11-4-6-14(21)15(22)9-11)20-23-19(24-27-20)17-3-2-8-26-17/h2-4,6,8-9,12-13,16,18H,5,7,10H2,1H3/t12?,13-,16-,18-/m1/s1. The first-order valence-electron chi connectivity index (χ1n) is 9.16. The lowest BCUT2D eigenvalue weighted by Gasteiger charge is -2.41. The second kappa shape index (κ2) is 6.66. The molecule has 0 radical (unpaired) electrons. The number of rotatable bonds is 3. The van der Waals surface area contributed by atoms with Gasteiger partial charge in [0.2, 0.25) is 11.7 Å². The van der Waals surface area contributed by atoms with Crippen molar-refractivity contribution in [2.45, 2.75) is 43.2 Å². The Kier molecular flexibility index (Phi) is 4.26. The number of hydrogen-bond donors (Lipinski definition) is 0. The van der Waals surface area contributed by atoms with Crippen molar-refractivity contribution in [2.75, 3.05) is 7.05 Å². The Morgan fingerprint density at radius 1 is 1.15 bits per heavy atom. The quantitative estimate of drug-likeness (QED) is 0.588. The maximum atomic E-state index is 6.31. The van der Waals surface area contributed by atoms with E-state index in [1.54, 1.807) is 6.26 Å². The number of nitrogens with zero attached hydrogens (tertiary/aromatic N) is 3. The van der Waals surface area contributed by atoms with E-state index in [2.05, 4.69) is 28.2 Å². The molecule has 2 saturated heterocycles. The van der Waals surface area contributed by atoms with E-state index in [1.807, 2.05) is 24.3 Å². The summed E-state index contributed by atoms with van der Waals surface area (Å²) in [5.41, 5.74) is 1.18. The first-order valence-corrected chi connectivity index (χ1v) is 9.92. The maximum Gasteiger partial charge on any atom is 0.238 e. The van der Waals surface area contributed by atoms with E-state index in [-0.39, 0.29) is 11.8 Å². The van der Waals surface area contributed by atoms with Gasteiger partial charge in [-0.05, 0) is 62.1 Å². The smallest absolute Gasteiger partial charge is 0.238 e. The highest BCUT2D eigenvalue weighted by molar-refractivity contribution is 6.42. The summed E-state index contributed by atoms with van der Waals surface area (Å²) in [5, 5.41) is 5.31. The molecule has 1 aromatic carbocycles. The van der Waals surface area contributed by atoms with Gasteiger partial charge in [0.1, 0.15) is 0 Å². The number of fused-ring (bicyclic) bond motifs is 2. The number of halogens is 2. The summed E-state index contributed by atoms with van der Waals surface area (Å²) in [4.78, 5) is 7.15. The molecule has 0 aliphatic carbocycles. The third kappa shape index (κ3) is 2.89. The number of aromatic nitrogens is 2. The Hall–Kier alpha value is -1.82. The summed E-state index contributed by atoms with van der Waals surface area (Å²) >= 11 is 12.4. The summed E-state index contributed by atoms with van der Waals surface area (Å²) in [7, 11) is 2.20. The fourth-order valence-corrected chi connectivity index (χ4v) is 5.07. The van der Waals surface area contributed by atoms with Gasteiger partial charge < -0.3 is 8.94 Å². The van der Waals surface area contributed by atoms with Crippen molar-refractivity contribution in [2.24, 2.45) is 0 Å². The molecule has 2 bridgehead atoms. The van der Waals surface area contributed by atoms with Crippen LogP contribution in [-0.4, -0.2) is 34.2 Å². The van der Waals surface area contributed by atoms with Gasteiger partial charge in [0.05, 0.1) is 22.2 Å². The zero-order valence-corrected chi connectivity index (χ0v) is 16.3. The predicted octanol–water partition coefficient (Wildman–Crippen LogP) is 5.37. The Balaban J connectivity index is 1.56. The van der Waals surface area contributed by atoms with Gasteiger partial charge in [-0.2, -0.15) is 4.98 Å². The average Bonchev–Trinajstić information content (AvgIpc) is 3.38. The molecule has 3 aromatic rings. The molecule has 2 fully saturated rings. The first kappa shape index (κ1) is 17.3. The van der Waals surface area contributed by atoms with Crippen LogP contribution in [0.1, 0.15) is 42.6 Å². The third-order valence-corrected chi connectivity index (χ3v) is 6.85. The lowest BCUT2D eigenvalue weighted by Crippen LogP contribution is -2.44. The zero-order chi connectivity index (χ0) is 18.5. The Morgan fingerprint density at radius 3 is 2.81 bits per heavy atom. The molecule has 0 spiro atoms. The van der Waals surface area contributed by atoms with E-state index in [4.69, 9.17) is 32.1 Å². The van der Waals surface area contributed by atoms with Gasteiger partial charge in [-0.3, -0.25) is 4.90 Å². The van der Waals surface area contributed by atoms with Crippen LogP contribution >= 0.6 is 23.2 Å². The van der Waals surface area contributed by atoms with Crippen molar-refractivity contribution in [1.82, 2.24) is 15.0 Å². The molecule has 2 aromatic heterocycles. The van der Waals surface area contributed by atoms with Crippen LogP contribution in [0.15, 0.2) is 45.5 Å². The Bertz CT molecular complexity index is 956. The minimum atomic E-state index is 0.113. The summed E-state index contributed by atoms with van der Waals surface area (Å²) in [5.74, 6) is 2.14. The summed E-state index contributed by atoms with van der Waals surface area (Å²) in [6, 6.07) is 10.5. The molecule has 0 saturated carbocycles. The van der Waals surface area contributed by atoms with E-state index < -0.39 is 0 Å². The van der Waals surface area contributed by atoms with Gasteiger partial charge in [0, 0.05) is 12.1 Å². The van der Waals surface area contributed by atoms with Gasteiger partial charge in [-0.25, -0.2) is 0 Å². The minimum absolute atomic E-state index is 0.113. The SMILES string of the molecule is CN1C2CC[C@@H]1[C@H](c1nc(-c3ccco3)no1)[C@@H](c1ccc(Cl)c(Cl)c1)C2. The van der Waals surface area contributed by atoms with Crippen molar-refractivity contribution < 1.29 is 8.94 Å². The van der Waals surface area contributed by atoms with Crippen molar-refractivity contribution in [3.63, 3.8) is 0 Å². The number of likely N-dealkylation sites (N-methyl/N-ethyl adjacent to an activating group) is 1. The molecule has 4 heterocycles. The number of furan rings is 1. The highest BCUT2D eigenvalue weighted by Gasteiger charge is 2.49. The monoisotopic (exact) mass is 403 g/mol. The Labute approximate surface area is 167 Å². The Morgan fingerprint density at radius 2 is 2.04 bits per heavy atom. The predicted molar refractivity (Wildman–Crippen MR) is 103 cm³/mol. The van der Waals surface area contributed by atoms with Crippen LogP contribution in [-0.2, 0) is 0 Å². The zero-order valence-electron chi connectivity index (χ0n) is 14.8. The molecule has 5 nitrogen and oxygen atoms in total. The van der Waals surface area contributed by atoms with E-state index in [1.165, 1.54) is 12.0 Å². The lowest BCUT2D eigenvalue weighted by molar-refractivity contribution is 0.120. The summed E-state index contributed by atoms with van der Waals surface area (Å²) in [6.07, 6.45) is 4.96. The van der Waals surface area contributed by atoms with E-state index >= 15 is 0 Å². The van der Waals surface area contributed by atoms with Crippen molar-refractivity contribution in [3.8, 4) is 11.6 Å². The molecule has 5 rings (SSSR count). The molecular formula is C20H19Cl2N3O2. The van der Waals surface area contributed by atoms with Crippen LogP contribution in [0.3, 0.4) is 0 Å². The lowest BCUT2D eigenvalue weighted by atomic mass is 9.76. The molecular weight excluding hydrogens is 385 g/mol. The van der Waals surface area contributed by atoms with Crippen LogP contribution in [0.4, 0.5) is 0 Å². The molecule has 1 unspecified atom stereocenters. The number of piperidine rings is 1. The molecule has 27 heavy (non-hydrogen) atoms. The van der Waals surface area contributed by atoms with E-state index in [9.17, 15) is 0 Å². The fourth-order valence-electron chi connectivity index (χ4n) is 4.77. The second-order valence-corrected chi connectivity index (χ2v) is 8.25. The molecule has 0 amide bonds. The molecule has 0 N–H and O–H groups in total. The highest BCUT2D eigenvalue weighted by atomic mass is 35.5. The van der Waals surface area contributed by atoms with Crippen LogP contribution in [0, 0.1) is 0 Å². The molecule has 4 atom stereocenters. The van der Waals surface area contributed by atoms with Crippen LogP contribution in [0.25, 0.3) is 11.6 Å². The van der Waals surface area contributed by atoms with Crippen LogP contribution in [0.2, 0.25) is 10.0 Å². The third-order valence-electron chi connectivity index (χ3n) is 6.11. The van der Waals surface area contributed by atoms with E-state index in [0.717, 1.165) is 12.8 Å².